The fourth-order valence-electron chi connectivity index (χ4n) is 8.45. The summed E-state index contributed by atoms with van der Waals surface area (Å²) in [6.45, 7) is 6.13. The summed E-state index contributed by atoms with van der Waals surface area (Å²) < 4.78 is 6.97. The van der Waals surface area contributed by atoms with Crippen molar-refractivity contribution in [1.82, 2.24) is 9.88 Å². The largest absolute Gasteiger partial charge is 0.432 e. The molecule has 1 fully saturated rings. The first-order valence-corrected chi connectivity index (χ1v) is 21.2. The Morgan fingerprint density at radius 3 is 2.34 bits per heavy atom. The summed E-state index contributed by atoms with van der Waals surface area (Å²) >= 11 is 0. The third-order valence-electron chi connectivity index (χ3n) is 10.8. The number of fused-ring (bicyclic) bond motifs is 3. The van der Waals surface area contributed by atoms with Crippen LogP contribution in [0, 0.1) is 5.92 Å². The molecule has 4 N–H and O–H groups in total. The lowest BCUT2D eigenvalue weighted by molar-refractivity contribution is -0.150. The van der Waals surface area contributed by atoms with Gasteiger partial charge in [0.05, 0.1) is 37.8 Å². The lowest BCUT2D eigenvalue weighted by Crippen LogP contribution is -2.46. The maximum Gasteiger partial charge on any atom is 0.264 e. The van der Waals surface area contributed by atoms with Crippen LogP contribution in [0.3, 0.4) is 0 Å². The number of ether oxygens (including phenoxy) is 1. The van der Waals surface area contributed by atoms with Gasteiger partial charge in [0.25, 0.3) is 5.91 Å². The molecule has 10 nitrogen and oxygen atoms in total. The fourth-order valence-corrected chi connectivity index (χ4v) is 11.0. The number of rotatable bonds is 12. The molecule has 4 aromatic carbocycles. The van der Waals surface area contributed by atoms with Crippen LogP contribution >= 0.6 is 0 Å². The third-order valence-corrected chi connectivity index (χ3v) is 13.3. The van der Waals surface area contributed by atoms with Gasteiger partial charge in [0.1, 0.15) is 0 Å². The Bertz CT molecular complexity index is 2120. The van der Waals surface area contributed by atoms with Crippen molar-refractivity contribution in [3.63, 3.8) is 0 Å². The number of aliphatic hydroxyl groups is 1. The van der Waals surface area contributed by atoms with Crippen LogP contribution in [-0.4, -0.2) is 65.1 Å². The van der Waals surface area contributed by atoms with Gasteiger partial charge in [0.2, 0.25) is 11.8 Å². The Morgan fingerprint density at radius 1 is 0.962 bits per heavy atom. The molecule has 0 aliphatic carbocycles. The number of hydrogen-bond acceptors (Lipinski definition) is 6. The van der Waals surface area contributed by atoms with Gasteiger partial charge in [0, 0.05) is 52.9 Å². The zero-order valence-electron chi connectivity index (χ0n) is 30.3. The Balaban J connectivity index is 1.23. The summed E-state index contributed by atoms with van der Waals surface area (Å²) in [5.41, 5.74) is 3.49. The van der Waals surface area contributed by atoms with Crippen LogP contribution in [0.4, 0.5) is 11.4 Å². The minimum atomic E-state index is -3.07. The van der Waals surface area contributed by atoms with Crippen molar-refractivity contribution in [3.05, 3.63) is 132 Å². The average molecular weight is 731 g/mol. The fraction of sp³-hybridized carbons (Fsp3) is 0.310. The minimum absolute atomic E-state index is 0.0665. The Morgan fingerprint density at radius 2 is 1.64 bits per heavy atom. The predicted molar refractivity (Wildman–Crippen MR) is 207 cm³/mol. The lowest BCUT2D eigenvalue weighted by Gasteiger charge is -2.32. The zero-order chi connectivity index (χ0) is 37.3. The number of para-hydroxylation sites is 1. The van der Waals surface area contributed by atoms with Crippen LogP contribution in [0.5, 0.6) is 0 Å². The summed E-state index contributed by atoms with van der Waals surface area (Å²) in [6, 6.07) is 32.6. The van der Waals surface area contributed by atoms with Gasteiger partial charge in [-0.25, -0.2) is 0 Å². The van der Waals surface area contributed by atoms with E-state index in [-0.39, 0.29) is 43.7 Å². The molecule has 1 aromatic heterocycles. The molecule has 0 unspecified atom stereocenters. The molecule has 4 atom stereocenters. The van der Waals surface area contributed by atoms with Crippen molar-refractivity contribution in [3.8, 4) is 0 Å². The van der Waals surface area contributed by atoms with Crippen LogP contribution < -0.4 is 10.2 Å². The smallest absolute Gasteiger partial charge is 0.264 e. The molecule has 1 spiro atoms. The summed E-state index contributed by atoms with van der Waals surface area (Å²) in [5.74, 6) is -1.20. The second kappa shape index (κ2) is 14.7. The molecule has 5 aromatic rings. The van der Waals surface area contributed by atoms with E-state index in [2.05, 4.69) is 10.3 Å². The second-order valence-electron chi connectivity index (χ2n) is 14.8. The highest BCUT2D eigenvalue weighted by atomic mass is 28.4. The monoisotopic (exact) mass is 730 g/mol. The summed E-state index contributed by atoms with van der Waals surface area (Å²) in [4.78, 5) is 60.8. The van der Waals surface area contributed by atoms with E-state index in [1.54, 1.807) is 15.9 Å². The number of benzene rings is 4. The first-order valence-electron chi connectivity index (χ1n) is 18.2. The number of H-pyrrole nitrogens is 1. The van der Waals surface area contributed by atoms with Gasteiger partial charge in [-0.1, -0.05) is 85.8 Å². The topological polar surface area (TPSA) is 135 Å². The summed E-state index contributed by atoms with van der Waals surface area (Å²) in [5, 5.41) is 13.9. The van der Waals surface area contributed by atoms with Gasteiger partial charge in [-0.3, -0.25) is 14.4 Å². The van der Waals surface area contributed by atoms with Gasteiger partial charge >= 0.3 is 0 Å². The van der Waals surface area contributed by atoms with E-state index in [0.29, 0.717) is 30.0 Å². The maximum absolute atomic E-state index is 15.0. The second-order valence-corrected chi connectivity index (χ2v) is 18.8. The number of amides is 3. The van der Waals surface area contributed by atoms with E-state index in [1.165, 1.54) is 0 Å². The number of aromatic amines is 1. The van der Waals surface area contributed by atoms with Crippen molar-refractivity contribution in [2.45, 2.75) is 63.2 Å². The number of hydrogen-bond donors (Lipinski definition) is 4. The molecule has 1 saturated heterocycles. The molecule has 2 aliphatic heterocycles. The van der Waals surface area contributed by atoms with E-state index >= 15 is 0 Å². The number of nitrogens with one attached hydrogen (secondary N) is 2. The quantitative estimate of drug-likeness (QED) is 0.115. The molecular formula is C42H46N4O6Si. The van der Waals surface area contributed by atoms with Crippen molar-refractivity contribution in [1.29, 1.82) is 0 Å². The molecule has 53 heavy (non-hydrogen) atoms. The SMILES string of the molecule is C[C@@H]1[C@@H]([Si](C)(C)O)[C@H](CC(=O)N(CCO)Cc2ccccc2)O[C@@]12C(=O)N(Cc1ccccc1)c1ccc(NC(=O)Cc3c[nH]c4ccccc34)cc12. The standard InChI is InChI=1S/C42H46N4O6Si/c1-28-40(53(2,3)51)37(24-39(49)45(20-21-47)26-29-12-6-4-7-13-29)52-42(28)34-23-32(44-38(48)22-31-25-43-35-17-11-10-16-33(31)35)18-19-36(34)46(41(42)50)27-30-14-8-5-9-15-30/h4-19,23,25,28,37,40,43,47,51H,20-22,24,26-27H2,1-3H3,(H,44,48)/t28-,37+,40-,42+/m1/s1. The van der Waals surface area contributed by atoms with Gasteiger partial charge in [-0.05, 0) is 54.0 Å². The first kappa shape index (κ1) is 36.3. The highest BCUT2D eigenvalue weighted by Crippen LogP contribution is 2.60. The maximum atomic E-state index is 15.0. The van der Waals surface area contributed by atoms with Crippen molar-refractivity contribution < 1.29 is 29.0 Å². The number of aliphatic hydroxyl groups excluding tert-OH is 1. The van der Waals surface area contributed by atoms with Crippen LogP contribution in [0.2, 0.25) is 18.6 Å². The van der Waals surface area contributed by atoms with Crippen LogP contribution in [-0.2, 0) is 44.2 Å². The summed E-state index contributed by atoms with van der Waals surface area (Å²) in [7, 11) is -3.07. The average Bonchev–Trinajstić information content (AvgIpc) is 3.75. The highest BCUT2D eigenvalue weighted by Gasteiger charge is 2.66. The molecule has 0 saturated carbocycles. The van der Waals surface area contributed by atoms with Crippen molar-refractivity contribution in [2.24, 2.45) is 5.92 Å². The van der Waals surface area contributed by atoms with Crippen LogP contribution in [0.25, 0.3) is 10.9 Å². The van der Waals surface area contributed by atoms with E-state index < -0.39 is 31.5 Å². The van der Waals surface area contributed by atoms with Gasteiger partial charge in [-0.2, -0.15) is 0 Å². The summed E-state index contributed by atoms with van der Waals surface area (Å²) in [6.07, 6.45) is 1.17. The Hall–Kier alpha value is -5.07. The highest BCUT2D eigenvalue weighted by molar-refractivity contribution is 6.71. The first-order chi connectivity index (χ1) is 25.5. The normalized spacial score (nSPS) is 21.0. The van der Waals surface area contributed by atoms with Crippen LogP contribution in [0.15, 0.2) is 109 Å². The van der Waals surface area contributed by atoms with Crippen molar-refractivity contribution >= 4 is 48.3 Å². The van der Waals surface area contributed by atoms with E-state index in [9.17, 15) is 24.3 Å². The zero-order valence-corrected chi connectivity index (χ0v) is 31.3. The third kappa shape index (κ3) is 7.05. The Kier molecular flexibility index (Phi) is 10.1. The van der Waals surface area contributed by atoms with E-state index in [1.807, 2.05) is 123 Å². The number of aromatic nitrogens is 1. The van der Waals surface area contributed by atoms with Crippen LogP contribution in [0.1, 0.15) is 35.6 Å². The molecule has 3 heterocycles. The Labute approximate surface area is 310 Å². The predicted octanol–water partition coefficient (Wildman–Crippen LogP) is 6.10. The van der Waals surface area contributed by atoms with Gasteiger partial charge < -0.3 is 34.7 Å². The van der Waals surface area contributed by atoms with Gasteiger partial charge in [-0.15, -0.1) is 0 Å². The van der Waals surface area contributed by atoms with E-state index in [0.717, 1.165) is 27.6 Å². The van der Waals surface area contributed by atoms with Crippen molar-refractivity contribution in [2.75, 3.05) is 23.4 Å². The van der Waals surface area contributed by atoms with Gasteiger partial charge in [0.15, 0.2) is 13.9 Å². The number of nitrogens with zero attached hydrogens (tertiary/aromatic N) is 2. The number of carbonyl (C=O) groups is 3. The molecule has 0 radical (unpaired) electrons. The lowest BCUT2D eigenvalue weighted by atomic mass is 9.82. The molecule has 2 aliphatic rings. The molecule has 11 heteroatoms. The van der Waals surface area contributed by atoms with E-state index in [4.69, 9.17) is 4.74 Å². The molecule has 0 bridgehead atoms. The number of anilines is 2. The molecule has 7 rings (SSSR count). The molecule has 3 amide bonds. The number of carbonyl (C=O) groups excluding carboxylic acids is 3. The molecule has 274 valence electrons. The minimum Gasteiger partial charge on any atom is -0.432 e. The molecular weight excluding hydrogens is 685 g/mol.